The average Bonchev–Trinajstić information content (AvgIpc) is 3.12. The van der Waals surface area contributed by atoms with Crippen LogP contribution in [0.3, 0.4) is 0 Å². The number of rotatable bonds is 5. The largest absolute Gasteiger partial charge is 0.492 e. The van der Waals surface area contributed by atoms with Crippen LogP contribution in [-0.4, -0.2) is 54.5 Å². The van der Waals surface area contributed by atoms with Gasteiger partial charge in [0.05, 0.1) is 12.0 Å². The maximum Gasteiger partial charge on any atom is 0.155 e. The quantitative estimate of drug-likeness (QED) is 0.374. The van der Waals surface area contributed by atoms with Gasteiger partial charge in [-0.05, 0) is 42.1 Å². The maximum atomic E-state index is 9.62. The number of pyridine rings is 1. The lowest BCUT2D eigenvalue weighted by Gasteiger charge is -2.19. The Kier molecular flexibility index (Phi) is 5.84. The van der Waals surface area contributed by atoms with E-state index in [2.05, 4.69) is 15.0 Å². The minimum atomic E-state index is 0.416. The van der Waals surface area contributed by atoms with E-state index in [1.54, 1.807) is 17.4 Å². The summed E-state index contributed by atoms with van der Waals surface area (Å²) in [6, 6.07) is 11.3. The maximum absolute atomic E-state index is 9.62. The van der Waals surface area contributed by atoms with Crippen molar-refractivity contribution in [3.05, 3.63) is 53.3 Å². The van der Waals surface area contributed by atoms with E-state index in [1.807, 2.05) is 41.9 Å². The Morgan fingerprint density at radius 1 is 1.16 bits per heavy atom. The molecule has 0 aliphatic carbocycles. The first kappa shape index (κ1) is 20.0. The van der Waals surface area contributed by atoms with E-state index in [4.69, 9.17) is 13.9 Å². The zero-order valence-electron chi connectivity index (χ0n) is 17.0. The molecule has 0 radical (unpaired) electrons. The number of hydrogen-bond acceptors (Lipinski definition) is 8. The summed E-state index contributed by atoms with van der Waals surface area (Å²) >= 11 is 1.65. The van der Waals surface area contributed by atoms with E-state index in [0.717, 1.165) is 49.4 Å². The second kappa shape index (κ2) is 9.05. The Morgan fingerprint density at radius 3 is 3.06 bits per heavy atom. The van der Waals surface area contributed by atoms with E-state index in [0.29, 0.717) is 40.1 Å². The molecule has 3 aromatic heterocycles. The summed E-state index contributed by atoms with van der Waals surface area (Å²) in [7, 11) is 0. The van der Waals surface area contributed by atoms with E-state index in [9.17, 15) is 5.21 Å². The summed E-state index contributed by atoms with van der Waals surface area (Å²) in [5.41, 5.74) is 1.30. The molecule has 4 aromatic rings. The van der Waals surface area contributed by atoms with Crippen molar-refractivity contribution in [2.45, 2.75) is 6.42 Å². The monoisotopic (exact) mass is 437 g/mol. The van der Waals surface area contributed by atoms with E-state index in [-0.39, 0.29) is 0 Å². The van der Waals surface area contributed by atoms with Gasteiger partial charge in [0, 0.05) is 48.6 Å². The molecule has 0 unspecified atom stereocenters. The number of hydrogen-bond donors (Lipinski definition) is 1. The Balaban J connectivity index is 1.38. The molecule has 0 saturated carbocycles. The minimum absolute atomic E-state index is 0.416. The molecular formula is C23H23N3O4S. The third-order valence-electron chi connectivity index (χ3n) is 5.40. The van der Waals surface area contributed by atoms with Gasteiger partial charge >= 0.3 is 0 Å². The van der Waals surface area contributed by atoms with Gasteiger partial charge < -0.3 is 19.1 Å². The van der Waals surface area contributed by atoms with Gasteiger partial charge in [0.15, 0.2) is 5.76 Å². The lowest BCUT2D eigenvalue weighted by molar-refractivity contribution is 0.137. The molecule has 1 aliphatic rings. The fraction of sp³-hybridized carbons (Fsp3) is 0.304. The predicted molar refractivity (Wildman–Crippen MR) is 120 cm³/mol. The summed E-state index contributed by atoms with van der Waals surface area (Å²) < 4.78 is 18.6. The Labute approximate surface area is 183 Å². The van der Waals surface area contributed by atoms with Gasteiger partial charge in [-0.1, -0.05) is 5.16 Å². The van der Waals surface area contributed by atoms with Gasteiger partial charge in [-0.3, -0.25) is 9.88 Å². The van der Waals surface area contributed by atoms with Gasteiger partial charge in [0.25, 0.3) is 0 Å². The molecule has 0 atom stereocenters. The Hall–Kier alpha value is -2.94. The third kappa shape index (κ3) is 4.41. The lowest BCUT2D eigenvalue weighted by atomic mass is 10.1. The van der Waals surface area contributed by atoms with Gasteiger partial charge in [0.2, 0.25) is 0 Å². The van der Waals surface area contributed by atoms with Gasteiger partial charge in [-0.25, -0.2) is 0 Å². The first-order valence-corrected chi connectivity index (χ1v) is 11.2. The van der Waals surface area contributed by atoms with Gasteiger partial charge in [-0.2, -0.15) is 0 Å². The summed E-state index contributed by atoms with van der Waals surface area (Å²) in [6.45, 7) is 4.99. The van der Waals surface area contributed by atoms with Crippen molar-refractivity contribution in [1.29, 1.82) is 0 Å². The van der Waals surface area contributed by atoms with E-state index in [1.165, 1.54) is 0 Å². The van der Waals surface area contributed by atoms with Crippen molar-refractivity contribution in [1.82, 2.24) is 9.88 Å². The van der Waals surface area contributed by atoms with Crippen LogP contribution >= 0.6 is 11.3 Å². The zero-order chi connectivity index (χ0) is 21.0. The summed E-state index contributed by atoms with van der Waals surface area (Å²) in [6.07, 6.45) is 2.87. The Morgan fingerprint density at radius 2 is 2.13 bits per heavy atom. The van der Waals surface area contributed by atoms with Crippen LogP contribution in [0.15, 0.2) is 57.5 Å². The summed E-state index contributed by atoms with van der Waals surface area (Å²) in [4.78, 5) is 6.84. The van der Waals surface area contributed by atoms with Crippen molar-refractivity contribution in [2.75, 3.05) is 39.5 Å². The average molecular weight is 438 g/mol. The molecule has 0 amide bonds. The molecule has 4 heterocycles. The van der Waals surface area contributed by atoms with Crippen molar-refractivity contribution in [3.63, 3.8) is 0 Å². The second-order valence-electron chi connectivity index (χ2n) is 7.44. The molecule has 7 nitrogen and oxygen atoms in total. The van der Waals surface area contributed by atoms with Crippen LogP contribution in [0.4, 0.5) is 0 Å². The first-order chi connectivity index (χ1) is 15.3. The van der Waals surface area contributed by atoms with Gasteiger partial charge in [0.1, 0.15) is 29.0 Å². The van der Waals surface area contributed by atoms with Crippen LogP contribution in [0.2, 0.25) is 0 Å². The van der Waals surface area contributed by atoms with Crippen molar-refractivity contribution in [3.8, 4) is 17.2 Å². The number of aromatic nitrogens is 1. The van der Waals surface area contributed by atoms with Gasteiger partial charge in [-0.15, -0.1) is 11.3 Å². The molecule has 1 saturated heterocycles. The fourth-order valence-corrected chi connectivity index (χ4v) is 4.55. The predicted octanol–water partition coefficient (Wildman–Crippen LogP) is 4.10. The molecule has 31 heavy (non-hydrogen) atoms. The van der Waals surface area contributed by atoms with Crippen LogP contribution in [0, 0.1) is 0 Å². The topological polar surface area (TPSA) is 80.3 Å². The molecule has 0 spiro atoms. The lowest BCUT2D eigenvalue weighted by Crippen LogP contribution is -2.30. The second-order valence-corrected chi connectivity index (χ2v) is 8.39. The van der Waals surface area contributed by atoms with Crippen LogP contribution in [0.1, 0.15) is 6.42 Å². The van der Waals surface area contributed by atoms with Crippen LogP contribution in [-0.2, 0) is 4.74 Å². The summed E-state index contributed by atoms with van der Waals surface area (Å²) in [5.74, 6) is 1.26. The zero-order valence-corrected chi connectivity index (χ0v) is 17.8. The number of nitrogens with zero attached hydrogens (tertiary/aromatic N) is 3. The molecule has 0 bridgehead atoms. The molecule has 160 valence electrons. The molecule has 1 fully saturated rings. The smallest absolute Gasteiger partial charge is 0.155 e. The minimum Gasteiger partial charge on any atom is -0.492 e. The number of benzene rings is 1. The number of ether oxygens (including phenoxy) is 2. The molecular weight excluding hydrogens is 414 g/mol. The van der Waals surface area contributed by atoms with Crippen molar-refractivity contribution < 1.29 is 19.1 Å². The van der Waals surface area contributed by atoms with Crippen LogP contribution < -0.4 is 10.1 Å². The van der Waals surface area contributed by atoms with Crippen molar-refractivity contribution in [2.24, 2.45) is 5.16 Å². The number of thiophene rings is 1. The highest BCUT2D eigenvalue weighted by Crippen LogP contribution is 2.27. The first-order valence-electron chi connectivity index (χ1n) is 10.3. The van der Waals surface area contributed by atoms with E-state index >= 15 is 0 Å². The molecule has 5 rings (SSSR count). The van der Waals surface area contributed by atoms with Crippen molar-refractivity contribution >= 4 is 32.4 Å². The SMILES string of the molecule is O/N=c1/cc(-c2cc3sccc3cn2)oc2ccc(OCCN3CCCOCC3)cc12. The highest BCUT2D eigenvalue weighted by Gasteiger charge is 2.11. The molecule has 8 heteroatoms. The Bertz CT molecular complexity index is 1260. The molecule has 1 aliphatic heterocycles. The standard InChI is InChI=1S/C23H23N3O4S/c27-25-19-13-22(20-14-23-16(15-24-20)4-11-31-23)30-21-3-2-17(12-18(19)21)29-10-7-26-5-1-8-28-9-6-26/h2-4,11-15,27H,1,5-10H2/b25-19-. The highest BCUT2D eigenvalue weighted by atomic mass is 32.1. The third-order valence-corrected chi connectivity index (χ3v) is 6.28. The highest BCUT2D eigenvalue weighted by molar-refractivity contribution is 7.17. The summed E-state index contributed by atoms with van der Waals surface area (Å²) in [5, 5.41) is 17.3. The van der Waals surface area contributed by atoms with Crippen LogP contribution in [0.5, 0.6) is 5.75 Å². The van der Waals surface area contributed by atoms with Crippen LogP contribution in [0.25, 0.3) is 32.5 Å². The number of fused-ring (bicyclic) bond motifs is 2. The molecule has 1 aromatic carbocycles. The fourth-order valence-electron chi connectivity index (χ4n) is 3.75. The molecule has 1 N–H and O–H groups in total. The van der Waals surface area contributed by atoms with E-state index < -0.39 is 0 Å². The normalized spacial score (nSPS) is 16.1.